The Morgan fingerprint density at radius 2 is 1.93 bits per heavy atom. The lowest BCUT2D eigenvalue weighted by molar-refractivity contribution is 0.677. The molecule has 0 atom stereocenters. The molecule has 134 valence electrons. The van der Waals surface area contributed by atoms with Gasteiger partial charge in [-0.25, -0.2) is 19.2 Å². The van der Waals surface area contributed by atoms with Crippen LogP contribution in [-0.2, 0) is 19.4 Å². The number of H-pyrrole nitrogens is 1. The number of rotatable bonds is 4. The molecular weight excluding hydrogens is 340 g/mol. The van der Waals surface area contributed by atoms with Crippen LogP contribution in [0, 0.1) is 0 Å². The van der Waals surface area contributed by atoms with Crippen LogP contribution in [0.25, 0.3) is 27.6 Å². The first-order valence-corrected chi connectivity index (χ1v) is 9.03. The first-order valence-electron chi connectivity index (χ1n) is 9.03. The second kappa shape index (κ2) is 6.05. The van der Waals surface area contributed by atoms with E-state index in [1.54, 1.807) is 17.1 Å². The van der Waals surface area contributed by atoms with Crippen molar-refractivity contribution in [2.75, 3.05) is 0 Å². The minimum atomic E-state index is -0.139. The fourth-order valence-electron chi connectivity index (χ4n) is 3.50. The molecule has 0 saturated heterocycles. The van der Waals surface area contributed by atoms with Crippen LogP contribution in [0.5, 0.6) is 0 Å². The van der Waals surface area contributed by atoms with Gasteiger partial charge in [0.15, 0.2) is 11.3 Å². The molecule has 0 spiro atoms. The van der Waals surface area contributed by atoms with Crippen molar-refractivity contribution in [3.8, 4) is 0 Å². The maximum Gasteiger partial charge on any atom is 0.282 e. The van der Waals surface area contributed by atoms with Gasteiger partial charge < -0.3 is 0 Å². The molecule has 0 fully saturated rings. The molecule has 0 amide bonds. The van der Waals surface area contributed by atoms with Crippen molar-refractivity contribution in [2.24, 2.45) is 0 Å². The summed E-state index contributed by atoms with van der Waals surface area (Å²) in [5.41, 5.74) is 4.12. The molecule has 0 aliphatic carbocycles. The minimum Gasteiger partial charge on any atom is -0.294 e. The number of aromatic amines is 1. The molecule has 4 heterocycles. The Kier molecular flexibility index (Phi) is 3.53. The third kappa shape index (κ3) is 2.51. The quantitative estimate of drug-likeness (QED) is 0.536. The van der Waals surface area contributed by atoms with Crippen LogP contribution in [-0.4, -0.2) is 29.4 Å². The third-order valence-corrected chi connectivity index (χ3v) is 4.91. The van der Waals surface area contributed by atoms with Crippen molar-refractivity contribution in [2.45, 2.75) is 26.3 Å². The molecular formula is C20H18N6O. The van der Waals surface area contributed by atoms with E-state index in [1.807, 2.05) is 31.2 Å². The Balaban J connectivity index is 1.62. The zero-order chi connectivity index (χ0) is 18.4. The summed E-state index contributed by atoms with van der Waals surface area (Å²) in [6.07, 6.45) is 5.04. The molecule has 5 rings (SSSR count). The number of hydrogen-bond donors (Lipinski definition) is 1. The molecule has 7 heteroatoms. The van der Waals surface area contributed by atoms with E-state index in [1.165, 1.54) is 10.1 Å². The maximum absolute atomic E-state index is 12.9. The lowest BCUT2D eigenvalue weighted by Gasteiger charge is -2.01. The van der Waals surface area contributed by atoms with Gasteiger partial charge in [-0.15, -0.1) is 0 Å². The molecule has 0 aliphatic rings. The molecule has 0 aliphatic heterocycles. The number of fused-ring (bicyclic) bond motifs is 4. The number of nitrogens with one attached hydrogen (secondary N) is 1. The number of pyridine rings is 1. The zero-order valence-electron chi connectivity index (χ0n) is 14.9. The number of aryl methyl sites for hydroxylation is 3. The normalized spacial score (nSPS) is 11.7. The average Bonchev–Trinajstić information content (AvgIpc) is 3.31. The first-order chi connectivity index (χ1) is 13.2. The summed E-state index contributed by atoms with van der Waals surface area (Å²) in [5, 5.41) is 8.82. The molecule has 27 heavy (non-hydrogen) atoms. The number of benzene rings is 1. The molecule has 5 aromatic rings. The minimum absolute atomic E-state index is 0.139. The van der Waals surface area contributed by atoms with Gasteiger partial charge in [0.05, 0.1) is 22.5 Å². The smallest absolute Gasteiger partial charge is 0.282 e. The van der Waals surface area contributed by atoms with Crippen LogP contribution >= 0.6 is 0 Å². The molecule has 1 N–H and O–H groups in total. The van der Waals surface area contributed by atoms with Gasteiger partial charge in [0.25, 0.3) is 5.56 Å². The van der Waals surface area contributed by atoms with Crippen LogP contribution < -0.4 is 5.56 Å². The fourth-order valence-corrected chi connectivity index (χ4v) is 3.50. The van der Waals surface area contributed by atoms with Crippen LogP contribution in [0.15, 0.2) is 53.6 Å². The van der Waals surface area contributed by atoms with Gasteiger partial charge in [-0.05, 0) is 25.3 Å². The zero-order valence-corrected chi connectivity index (χ0v) is 14.9. The van der Waals surface area contributed by atoms with Crippen molar-refractivity contribution >= 4 is 27.6 Å². The van der Waals surface area contributed by atoms with E-state index >= 15 is 0 Å². The summed E-state index contributed by atoms with van der Waals surface area (Å²) >= 11 is 0. The Morgan fingerprint density at radius 1 is 1.07 bits per heavy atom. The largest absolute Gasteiger partial charge is 0.294 e. The van der Waals surface area contributed by atoms with Crippen LogP contribution in [0.4, 0.5) is 0 Å². The Morgan fingerprint density at radius 3 is 2.74 bits per heavy atom. The molecule has 0 unspecified atom stereocenters. The summed E-state index contributed by atoms with van der Waals surface area (Å²) in [7, 11) is 0. The van der Waals surface area contributed by atoms with E-state index in [0.717, 1.165) is 36.1 Å². The second-order valence-electron chi connectivity index (χ2n) is 6.60. The predicted molar refractivity (Wildman–Crippen MR) is 104 cm³/mol. The Bertz CT molecular complexity index is 1330. The van der Waals surface area contributed by atoms with Crippen LogP contribution in [0.2, 0.25) is 0 Å². The van der Waals surface area contributed by atoms with Gasteiger partial charge in [-0.3, -0.25) is 9.89 Å². The summed E-state index contributed by atoms with van der Waals surface area (Å²) in [4.78, 5) is 22.1. The number of nitrogens with zero attached hydrogens (tertiary/aromatic N) is 5. The maximum atomic E-state index is 12.9. The first kappa shape index (κ1) is 15.7. The van der Waals surface area contributed by atoms with Gasteiger partial charge in [-0.2, -0.15) is 5.10 Å². The van der Waals surface area contributed by atoms with Gasteiger partial charge in [0.1, 0.15) is 0 Å². The monoisotopic (exact) mass is 358 g/mol. The Labute approximate surface area is 154 Å². The van der Waals surface area contributed by atoms with Crippen molar-refractivity contribution in [1.29, 1.82) is 0 Å². The van der Waals surface area contributed by atoms with E-state index in [-0.39, 0.29) is 5.56 Å². The van der Waals surface area contributed by atoms with E-state index in [4.69, 9.17) is 4.98 Å². The molecule has 1 aromatic carbocycles. The Hall–Kier alpha value is -3.48. The highest BCUT2D eigenvalue weighted by Crippen LogP contribution is 2.20. The average molecular weight is 358 g/mol. The SMILES string of the molecule is CCn1ncc2c3nc4cc(CCc5ccccc5)[nH]n4c(=O)c3cnc21. The molecule has 0 saturated carbocycles. The van der Waals surface area contributed by atoms with Gasteiger partial charge in [-0.1, -0.05) is 30.3 Å². The highest BCUT2D eigenvalue weighted by atomic mass is 16.1. The topological polar surface area (TPSA) is 80.9 Å². The third-order valence-electron chi connectivity index (χ3n) is 4.91. The standard InChI is InChI=1S/C20H18N6O/c1-2-25-19-15(12-22-25)18-16(11-21-19)20(27)26-17(23-18)10-14(24-26)9-8-13-6-4-3-5-7-13/h3-7,10-12,24H,2,8-9H2,1H3. The summed E-state index contributed by atoms with van der Waals surface area (Å²) in [5.74, 6) is 0. The summed E-state index contributed by atoms with van der Waals surface area (Å²) in [6.45, 7) is 2.73. The lowest BCUT2D eigenvalue weighted by atomic mass is 10.1. The van der Waals surface area contributed by atoms with Crippen molar-refractivity contribution < 1.29 is 0 Å². The van der Waals surface area contributed by atoms with Crippen molar-refractivity contribution in [3.63, 3.8) is 0 Å². The number of aromatic nitrogens is 6. The lowest BCUT2D eigenvalue weighted by Crippen LogP contribution is -2.16. The molecule has 4 aromatic heterocycles. The molecule has 0 bridgehead atoms. The van der Waals surface area contributed by atoms with E-state index in [0.29, 0.717) is 16.6 Å². The van der Waals surface area contributed by atoms with E-state index < -0.39 is 0 Å². The van der Waals surface area contributed by atoms with E-state index in [9.17, 15) is 4.79 Å². The van der Waals surface area contributed by atoms with Crippen molar-refractivity contribution in [1.82, 2.24) is 29.4 Å². The predicted octanol–water partition coefficient (Wildman–Crippen LogP) is 2.73. The van der Waals surface area contributed by atoms with Gasteiger partial charge in [0, 0.05) is 24.5 Å². The van der Waals surface area contributed by atoms with Gasteiger partial charge in [0.2, 0.25) is 0 Å². The van der Waals surface area contributed by atoms with Crippen LogP contribution in [0.1, 0.15) is 18.2 Å². The van der Waals surface area contributed by atoms with Gasteiger partial charge >= 0.3 is 0 Å². The van der Waals surface area contributed by atoms with Crippen LogP contribution in [0.3, 0.4) is 0 Å². The highest BCUT2D eigenvalue weighted by molar-refractivity contribution is 6.01. The molecule has 0 radical (unpaired) electrons. The van der Waals surface area contributed by atoms with Crippen molar-refractivity contribution in [3.05, 3.63) is 70.4 Å². The summed E-state index contributed by atoms with van der Waals surface area (Å²) < 4.78 is 3.31. The van der Waals surface area contributed by atoms with E-state index in [2.05, 4.69) is 27.3 Å². The molecule has 7 nitrogen and oxygen atoms in total. The highest BCUT2D eigenvalue weighted by Gasteiger charge is 2.14. The summed E-state index contributed by atoms with van der Waals surface area (Å²) in [6, 6.07) is 12.2. The number of hydrogen-bond acceptors (Lipinski definition) is 4. The fraction of sp³-hybridized carbons (Fsp3) is 0.200. The second-order valence-corrected chi connectivity index (χ2v) is 6.60.